The molecule has 1 aliphatic heterocycles. The van der Waals surface area contributed by atoms with Crippen LogP contribution in [0.4, 0.5) is 0 Å². The summed E-state index contributed by atoms with van der Waals surface area (Å²) in [5.41, 5.74) is 1.55. The Labute approximate surface area is 108 Å². The van der Waals surface area contributed by atoms with Gasteiger partial charge >= 0.3 is 0 Å². The van der Waals surface area contributed by atoms with E-state index >= 15 is 0 Å². The van der Waals surface area contributed by atoms with E-state index in [-0.39, 0.29) is 0 Å². The van der Waals surface area contributed by atoms with E-state index in [2.05, 4.69) is 35.2 Å². The Balaban J connectivity index is 1.88. The second-order valence-electron chi connectivity index (χ2n) is 5.08. The number of nitrogens with one attached hydrogen (secondary N) is 1. The molecule has 0 unspecified atom stereocenters. The Kier molecular flexibility index (Phi) is 4.02. The molecule has 1 aliphatic rings. The molecule has 1 aromatic heterocycles. The number of likely N-dealkylation sites (tertiary alicyclic amines) is 1. The van der Waals surface area contributed by atoms with E-state index < -0.39 is 0 Å². The van der Waals surface area contributed by atoms with E-state index in [0.29, 0.717) is 10.7 Å². The van der Waals surface area contributed by atoms with Crippen molar-refractivity contribution in [1.82, 2.24) is 15.2 Å². The molecule has 0 aliphatic carbocycles. The minimum Gasteiger partial charge on any atom is -0.314 e. The minimum atomic E-state index is 0.314. The lowest BCUT2D eigenvalue weighted by Crippen LogP contribution is -2.49. The van der Waals surface area contributed by atoms with Gasteiger partial charge in [-0.25, -0.2) is 4.98 Å². The Morgan fingerprint density at radius 2 is 2.12 bits per heavy atom. The van der Waals surface area contributed by atoms with Gasteiger partial charge in [-0.2, -0.15) is 0 Å². The normalized spacial score (nSPS) is 20.4. The zero-order valence-corrected chi connectivity index (χ0v) is 11.3. The third-order valence-electron chi connectivity index (χ3n) is 3.76. The molecule has 0 amide bonds. The molecule has 3 nitrogen and oxygen atoms in total. The van der Waals surface area contributed by atoms with Gasteiger partial charge in [0.2, 0.25) is 0 Å². The number of hydrogen-bond donors (Lipinski definition) is 1. The summed E-state index contributed by atoms with van der Waals surface area (Å²) < 4.78 is 0. The standard InChI is InChI=1S/C13H20ClN3/c1-13(15-2)5-7-17(8-6-13)10-11-3-4-12(14)16-9-11/h3-4,9,15H,5-8,10H2,1-2H3. The lowest BCUT2D eigenvalue weighted by atomic mass is 9.90. The van der Waals surface area contributed by atoms with Crippen molar-refractivity contribution in [2.45, 2.75) is 31.8 Å². The lowest BCUT2D eigenvalue weighted by Gasteiger charge is -2.39. The molecule has 1 N–H and O–H groups in total. The SMILES string of the molecule is CNC1(C)CCN(Cc2ccc(Cl)nc2)CC1. The van der Waals surface area contributed by atoms with Crippen molar-refractivity contribution in [3.8, 4) is 0 Å². The maximum atomic E-state index is 5.78. The van der Waals surface area contributed by atoms with Crippen LogP contribution < -0.4 is 5.32 Å². The molecule has 2 rings (SSSR count). The maximum Gasteiger partial charge on any atom is 0.129 e. The number of halogens is 1. The highest BCUT2D eigenvalue weighted by atomic mass is 35.5. The van der Waals surface area contributed by atoms with E-state index in [9.17, 15) is 0 Å². The molecule has 0 aromatic carbocycles. The van der Waals surface area contributed by atoms with Crippen LogP contribution in [0.5, 0.6) is 0 Å². The summed E-state index contributed by atoms with van der Waals surface area (Å²) >= 11 is 5.78. The number of rotatable bonds is 3. The van der Waals surface area contributed by atoms with Crippen molar-refractivity contribution < 1.29 is 0 Å². The highest BCUT2D eigenvalue weighted by molar-refractivity contribution is 6.29. The van der Waals surface area contributed by atoms with Gasteiger partial charge in [0.05, 0.1) is 0 Å². The summed E-state index contributed by atoms with van der Waals surface area (Å²) in [6.07, 6.45) is 4.27. The molecule has 2 heterocycles. The van der Waals surface area contributed by atoms with Gasteiger partial charge in [-0.05, 0) is 38.4 Å². The zero-order chi connectivity index (χ0) is 12.3. The van der Waals surface area contributed by atoms with Crippen LogP contribution in [0.2, 0.25) is 5.15 Å². The molecule has 0 bridgehead atoms. The van der Waals surface area contributed by atoms with Crippen LogP contribution in [0.3, 0.4) is 0 Å². The van der Waals surface area contributed by atoms with E-state index in [1.54, 1.807) is 0 Å². The molecule has 0 saturated carbocycles. The number of nitrogens with zero attached hydrogens (tertiary/aromatic N) is 2. The van der Waals surface area contributed by atoms with Crippen molar-refractivity contribution in [1.29, 1.82) is 0 Å². The molecular weight excluding hydrogens is 234 g/mol. The summed E-state index contributed by atoms with van der Waals surface area (Å²) in [6, 6.07) is 3.92. The Hall–Kier alpha value is -0.640. The summed E-state index contributed by atoms with van der Waals surface area (Å²) in [5.74, 6) is 0. The van der Waals surface area contributed by atoms with Gasteiger partial charge in [-0.1, -0.05) is 17.7 Å². The highest BCUT2D eigenvalue weighted by Crippen LogP contribution is 2.22. The molecule has 1 saturated heterocycles. The first-order chi connectivity index (χ1) is 8.11. The fourth-order valence-electron chi connectivity index (χ4n) is 2.21. The topological polar surface area (TPSA) is 28.2 Å². The van der Waals surface area contributed by atoms with Gasteiger partial charge in [-0.3, -0.25) is 4.90 Å². The highest BCUT2D eigenvalue weighted by Gasteiger charge is 2.27. The number of pyridine rings is 1. The second kappa shape index (κ2) is 5.34. The van der Waals surface area contributed by atoms with E-state index in [1.807, 2.05) is 12.3 Å². The quantitative estimate of drug-likeness (QED) is 0.838. The third kappa shape index (κ3) is 3.41. The number of aromatic nitrogens is 1. The largest absolute Gasteiger partial charge is 0.314 e. The van der Waals surface area contributed by atoms with Gasteiger partial charge in [0.15, 0.2) is 0 Å². The summed E-state index contributed by atoms with van der Waals surface area (Å²) in [7, 11) is 2.05. The maximum absolute atomic E-state index is 5.78. The Morgan fingerprint density at radius 3 is 2.65 bits per heavy atom. The molecule has 17 heavy (non-hydrogen) atoms. The summed E-state index contributed by atoms with van der Waals surface area (Å²) in [5, 5.41) is 3.98. The summed E-state index contributed by atoms with van der Waals surface area (Å²) in [4.78, 5) is 6.59. The molecule has 94 valence electrons. The number of piperidine rings is 1. The first-order valence-electron chi connectivity index (χ1n) is 6.13. The van der Waals surface area contributed by atoms with Crippen LogP contribution in [0.1, 0.15) is 25.3 Å². The van der Waals surface area contributed by atoms with E-state index in [0.717, 1.165) is 19.6 Å². The van der Waals surface area contributed by atoms with Crippen molar-refractivity contribution >= 4 is 11.6 Å². The average molecular weight is 254 g/mol. The molecule has 0 spiro atoms. The second-order valence-corrected chi connectivity index (χ2v) is 5.46. The Bertz CT molecular complexity index is 355. The first-order valence-corrected chi connectivity index (χ1v) is 6.51. The molecule has 4 heteroatoms. The van der Waals surface area contributed by atoms with E-state index in [4.69, 9.17) is 11.6 Å². The lowest BCUT2D eigenvalue weighted by molar-refractivity contribution is 0.146. The predicted octanol–water partition coefficient (Wildman–Crippen LogP) is 2.31. The number of hydrogen-bond acceptors (Lipinski definition) is 3. The Morgan fingerprint density at radius 1 is 1.41 bits per heavy atom. The summed E-state index contributed by atoms with van der Waals surface area (Å²) in [6.45, 7) is 5.55. The van der Waals surface area contributed by atoms with Crippen LogP contribution in [-0.4, -0.2) is 35.6 Å². The van der Waals surface area contributed by atoms with Crippen LogP contribution in [0, 0.1) is 0 Å². The van der Waals surface area contributed by atoms with Crippen LogP contribution in [0.15, 0.2) is 18.3 Å². The fourth-order valence-corrected chi connectivity index (χ4v) is 2.32. The average Bonchev–Trinajstić information content (AvgIpc) is 2.35. The van der Waals surface area contributed by atoms with Gasteiger partial charge in [0.1, 0.15) is 5.15 Å². The van der Waals surface area contributed by atoms with Gasteiger partial charge < -0.3 is 5.32 Å². The monoisotopic (exact) mass is 253 g/mol. The van der Waals surface area contributed by atoms with Crippen LogP contribution >= 0.6 is 11.6 Å². The van der Waals surface area contributed by atoms with Crippen LogP contribution in [0.25, 0.3) is 0 Å². The van der Waals surface area contributed by atoms with Crippen LogP contribution in [-0.2, 0) is 6.54 Å². The minimum absolute atomic E-state index is 0.314. The molecule has 0 radical (unpaired) electrons. The smallest absolute Gasteiger partial charge is 0.129 e. The first kappa shape index (κ1) is 12.8. The van der Waals surface area contributed by atoms with Crippen molar-refractivity contribution in [3.63, 3.8) is 0 Å². The van der Waals surface area contributed by atoms with Crippen molar-refractivity contribution in [2.75, 3.05) is 20.1 Å². The fraction of sp³-hybridized carbons (Fsp3) is 0.615. The molecular formula is C13H20ClN3. The predicted molar refractivity (Wildman–Crippen MR) is 71.2 cm³/mol. The molecule has 0 atom stereocenters. The third-order valence-corrected chi connectivity index (χ3v) is 3.98. The van der Waals surface area contributed by atoms with Crippen molar-refractivity contribution in [2.24, 2.45) is 0 Å². The van der Waals surface area contributed by atoms with E-state index in [1.165, 1.54) is 18.4 Å². The van der Waals surface area contributed by atoms with Crippen molar-refractivity contribution in [3.05, 3.63) is 29.0 Å². The molecule has 1 fully saturated rings. The van der Waals surface area contributed by atoms with Gasteiger partial charge in [0.25, 0.3) is 0 Å². The zero-order valence-electron chi connectivity index (χ0n) is 10.5. The van der Waals surface area contributed by atoms with Gasteiger partial charge in [0, 0.05) is 31.4 Å². The molecule has 1 aromatic rings. The van der Waals surface area contributed by atoms with Gasteiger partial charge in [-0.15, -0.1) is 0 Å².